The van der Waals surface area contributed by atoms with Crippen molar-refractivity contribution in [3.8, 4) is 61.8 Å². The summed E-state index contributed by atoms with van der Waals surface area (Å²) >= 11 is 0. The molecule has 5 heteroatoms. The summed E-state index contributed by atoms with van der Waals surface area (Å²) in [4.78, 5) is 13.1. The molecule has 2 aliphatic rings. The summed E-state index contributed by atoms with van der Waals surface area (Å²) in [7, 11) is 0. The molecule has 0 N–H and O–H groups in total. The van der Waals surface area contributed by atoms with E-state index in [-0.39, 0.29) is 0 Å². The van der Waals surface area contributed by atoms with Gasteiger partial charge < -0.3 is 9.32 Å². The van der Waals surface area contributed by atoms with Crippen molar-refractivity contribution in [2.75, 3.05) is 4.90 Å². The molecule has 11 aromatic carbocycles. The van der Waals surface area contributed by atoms with Crippen LogP contribution in [-0.4, -0.2) is 14.5 Å². The Kier molecular flexibility index (Phi) is 9.18. The minimum Gasteiger partial charge on any atom is -0.456 e. The first-order valence-electron chi connectivity index (χ1n) is 26.0. The average molecular weight is 969 g/mol. The van der Waals surface area contributed by atoms with Gasteiger partial charge in [-0.25, -0.2) is 9.97 Å². The van der Waals surface area contributed by atoms with E-state index in [0.29, 0.717) is 5.95 Å². The zero-order valence-corrected chi connectivity index (χ0v) is 41.1. The third-order valence-corrected chi connectivity index (χ3v) is 16.0. The highest BCUT2D eigenvalue weighted by Gasteiger charge is 2.52. The zero-order valence-electron chi connectivity index (χ0n) is 41.1. The molecular formula is C71H44N4O. The highest BCUT2D eigenvalue weighted by atomic mass is 16.3. The topological polar surface area (TPSA) is 47.1 Å². The van der Waals surface area contributed by atoms with E-state index in [1.54, 1.807) is 0 Å². The maximum absolute atomic E-state index is 6.61. The molecule has 3 aromatic heterocycles. The summed E-state index contributed by atoms with van der Waals surface area (Å²) in [5, 5.41) is 4.55. The normalized spacial score (nSPS) is 14.3. The largest absolute Gasteiger partial charge is 0.456 e. The molecule has 0 saturated heterocycles. The van der Waals surface area contributed by atoms with Crippen molar-refractivity contribution >= 4 is 60.8 Å². The SMILES string of the molecule is c1ccc(-c2cccc(N3c4ccccc4C4(c5ccccc5-c5c4ccc4oc6ccccc6c54)c4ccc(-c5ccc6c(c5)c5ccccc5n6-c5nc(-c6ccccc6)cc(-c6ccccc6)n5)cc43)c2)cc1. The first kappa shape index (κ1) is 42.4. The smallest absolute Gasteiger partial charge is 0.235 e. The molecule has 1 aliphatic heterocycles. The Morgan fingerprint density at radius 2 is 0.921 bits per heavy atom. The molecule has 0 amide bonds. The van der Waals surface area contributed by atoms with Crippen molar-refractivity contribution in [2.24, 2.45) is 0 Å². The molecule has 16 rings (SSSR count). The van der Waals surface area contributed by atoms with E-state index in [2.05, 4.69) is 264 Å². The van der Waals surface area contributed by atoms with Gasteiger partial charge in [0.1, 0.15) is 11.2 Å². The number of fused-ring (bicyclic) bond motifs is 16. The van der Waals surface area contributed by atoms with E-state index in [0.717, 1.165) is 100 Å². The third kappa shape index (κ3) is 6.14. The number of hydrogen-bond acceptors (Lipinski definition) is 4. The van der Waals surface area contributed by atoms with Gasteiger partial charge in [0.25, 0.3) is 0 Å². The summed E-state index contributed by atoms with van der Waals surface area (Å²) in [5.41, 5.74) is 22.4. The predicted molar refractivity (Wildman–Crippen MR) is 311 cm³/mol. The second-order valence-corrected chi connectivity index (χ2v) is 20.0. The second-order valence-electron chi connectivity index (χ2n) is 20.0. The van der Waals surface area contributed by atoms with Gasteiger partial charge >= 0.3 is 0 Å². The van der Waals surface area contributed by atoms with Crippen LogP contribution in [0.15, 0.2) is 271 Å². The highest BCUT2D eigenvalue weighted by Crippen LogP contribution is 2.65. The Bertz CT molecular complexity index is 4590. The van der Waals surface area contributed by atoms with E-state index in [9.17, 15) is 0 Å². The van der Waals surface area contributed by atoms with Crippen molar-refractivity contribution in [1.29, 1.82) is 0 Å². The minimum absolute atomic E-state index is 0.628. The fourth-order valence-corrected chi connectivity index (χ4v) is 12.8. The van der Waals surface area contributed by atoms with Crippen LogP contribution in [0.3, 0.4) is 0 Å². The summed E-state index contributed by atoms with van der Waals surface area (Å²) in [5.74, 6) is 0.628. The molecule has 354 valence electrons. The van der Waals surface area contributed by atoms with E-state index in [4.69, 9.17) is 14.4 Å². The predicted octanol–water partition coefficient (Wildman–Crippen LogP) is 18.3. The van der Waals surface area contributed by atoms with E-state index >= 15 is 0 Å². The van der Waals surface area contributed by atoms with Crippen LogP contribution < -0.4 is 4.90 Å². The molecule has 1 aliphatic carbocycles. The summed E-state index contributed by atoms with van der Waals surface area (Å²) in [6.45, 7) is 0. The lowest BCUT2D eigenvalue weighted by atomic mass is 9.64. The molecule has 1 atom stereocenters. The Morgan fingerprint density at radius 1 is 0.342 bits per heavy atom. The van der Waals surface area contributed by atoms with Crippen LogP contribution in [0.1, 0.15) is 22.3 Å². The Balaban J connectivity index is 0.940. The second kappa shape index (κ2) is 16.5. The zero-order chi connectivity index (χ0) is 49.9. The fourth-order valence-electron chi connectivity index (χ4n) is 12.8. The number of para-hydroxylation sites is 3. The highest BCUT2D eigenvalue weighted by molar-refractivity contribution is 6.16. The maximum Gasteiger partial charge on any atom is 0.235 e. The van der Waals surface area contributed by atoms with E-state index in [1.807, 2.05) is 12.1 Å². The molecule has 14 aromatic rings. The summed E-state index contributed by atoms with van der Waals surface area (Å²) < 4.78 is 8.84. The number of anilines is 3. The third-order valence-electron chi connectivity index (χ3n) is 16.0. The lowest BCUT2D eigenvalue weighted by Crippen LogP contribution is -2.36. The monoisotopic (exact) mass is 968 g/mol. The number of benzene rings is 11. The van der Waals surface area contributed by atoms with Gasteiger partial charge in [-0.1, -0.05) is 206 Å². The summed E-state index contributed by atoms with van der Waals surface area (Å²) in [6.07, 6.45) is 0. The van der Waals surface area contributed by atoms with Gasteiger partial charge in [0.15, 0.2) is 0 Å². The first-order chi connectivity index (χ1) is 37.7. The number of hydrogen-bond donors (Lipinski definition) is 0. The van der Waals surface area contributed by atoms with Crippen LogP contribution in [-0.2, 0) is 5.41 Å². The van der Waals surface area contributed by atoms with Crippen molar-refractivity contribution in [3.05, 3.63) is 289 Å². The van der Waals surface area contributed by atoms with Crippen molar-refractivity contribution < 1.29 is 4.42 Å². The molecule has 1 spiro atoms. The number of aromatic nitrogens is 3. The molecule has 0 fully saturated rings. The van der Waals surface area contributed by atoms with Gasteiger partial charge in [-0.2, -0.15) is 0 Å². The van der Waals surface area contributed by atoms with Gasteiger partial charge in [-0.3, -0.25) is 4.57 Å². The Hall–Kier alpha value is -10.1. The molecule has 5 nitrogen and oxygen atoms in total. The Labute approximate surface area is 438 Å². The van der Waals surface area contributed by atoms with Crippen LogP contribution >= 0.6 is 0 Å². The number of nitrogens with zero attached hydrogens (tertiary/aromatic N) is 4. The van der Waals surface area contributed by atoms with Gasteiger partial charge in [0.2, 0.25) is 5.95 Å². The lowest BCUT2D eigenvalue weighted by Gasteiger charge is -2.45. The average Bonchev–Trinajstić information content (AvgIpc) is 4.15. The van der Waals surface area contributed by atoms with Gasteiger partial charge in [-0.05, 0) is 116 Å². The van der Waals surface area contributed by atoms with Crippen LogP contribution in [0.2, 0.25) is 0 Å². The molecule has 0 radical (unpaired) electrons. The van der Waals surface area contributed by atoms with E-state index < -0.39 is 5.41 Å². The van der Waals surface area contributed by atoms with Crippen molar-refractivity contribution in [1.82, 2.24) is 14.5 Å². The number of furan rings is 1. The van der Waals surface area contributed by atoms with Crippen LogP contribution in [0.25, 0.3) is 106 Å². The minimum atomic E-state index is -0.652. The van der Waals surface area contributed by atoms with Gasteiger partial charge in [0, 0.05) is 38.4 Å². The number of rotatable bonds is 6. The molecular weight excluding hydrogens is 925 g/mol. The summed E-state index contributed by atoms with van der Waals surface area (Å²) in [6, 6.07) is 96.5. The van der Waals surface area contributed by atoms with Crippen molar-refractivity contribution in [3.63, 3.8) is 0 Å². The Morgan fingerprint density at radius 3 is 1.71 bits per heavy atom. The van der Waals surface area contributed by atoms with Crippen LogP contribution in [0, 0.1) is 0 Å². The maximum atomic E-state index is 6.61. The van der Waals surface area contributed by atoms with Gasteiger partial charge in [0.05, 0.1) is 39.2 Å². The quantitative estimate of drug-likeness (QED) is 0.167. The van der Waals surface area contributed by atoms with Crippen LogP contribution in [0.5, 0.6) is 0 Å². The van der Waals surface area contributed by atoms with Crippen LogP contribution in [0.4, 0.5) is 17.1 Å². The van der Waals surface area contributed by atoms with Crippen molar-refractivity contribution in [2.45, 2.75) is 5.41 Å². The molecule has 76 heavy (non-hydrogen) atoms. The molecule has 0 saturated carbocycles. The first-order valence-corrected chi connectivity index (χ1v) is 26.0. The standard InChI is InChI=1S/C71H44N4O/c1-4-19-45(20-5-1)48-25-18-26-51(41-48)74-64-33-16-14-31-57(64)71(56-30-13-10-28-53(56)68-59(71)38-40-67-69(68)54-29-12-17-34-66(54)76-67)58-37-35-50(43-65(58)74)49-36-39-63-55(42-49)52-27-11-15-32-62(52)75(63)70-72-60(46-21-6-2-7-22-46)44-61(73-70)47-23-8-3-9-24-47/h1-44H. The molecule has 0 bridgehead atoms. The van der Waals surface area contributed by atoms with E-state index in [1.165, 1.54) is 38.9 Å². The molecule has 4 heterocycles. The lowest BCUT2D eigenvalue weighted by molar-refractivity contribution is 0.668. The van der Waals surface area contributed by atoms with Gasteiger partial charge in [-0.15, -0.1) is 0 Å². The fraction of sp³-hybridized carbons (Fsp3) is 0.0141. The molecule has 1 unspecified atom stereocenters.